The Morgan fingerprint density at radius 1 is 1.06 bits per heavy atom. The van der Waals surface area contributed by atoms with E-state index >= 15 is 0 Å². The Morgan fingerprint density at radius 3 is 2.64 bits per heavy atom. The van der Waals surface area contributed by atoms with E-state index < -0.39 is 17.0 Å². The van der Waals surface area contributed by atoms with Gasteiger partial charge in [-0.2, -0.15) is 0 Å². The lowest BCUT2D eigenvalue weighted by molar-refractivity contribution is -0.123. The average Bonchev–Trinajstić information content (AvgIpc) is 3.33. The van der Waals surface area contributed by atoms with Crippen LogP contribution in [0.15, 0.2) is 82.3 Å². The minimum Gasteiger partial charge on any atom is -0.491 e. The van der Waals surface area contributed by atoms with Gasteiger partial charge in [-0.3, -0.25) is 14.5 Å². The number of amides is 2. The fourth-order valence-electron chi connectivity index (χ4n) is 4.14. The predicted molar refractivity (Wildman–Crippen MR) is 144 cm³/mol. The molecule has 1 aromatic heterocycles. The number of nitrogens with zero attached hydrogens (tertiary/aromatic N) is 2. The fourth-order valence-corrected chi connectivity index (χ4v) is 5.33. The third kappa shape index (κ3) is 4.96. The van der Waals surface area contributed by atoms with Gasteiger partial charge in [0.25, 0.3) is 11.1 Å². The maximum Gasteiger partial charge on any atom is 0.293 e. The van der Waals surface area contributed by atoms with Crippen molar-refractivity contribution < 1.29 is 18.7 Å². The van der Waals surface area contributed by atoms with Gasteiger partial charge in [-0.25, -0.2) is 4.39 Å². The molecule has 8 heteroatoms. The number of fused-ring (bicyclic) bond motifs is 1. The van der Waals surface area contributed by atoms with E-state index in [4.69, 9.17) is 4.74 Å². The van der Waals surface area contributed by atoms with Crippen molar-refractivity contribution >= 4 is 55.8 Å². The van der Waals surface area contributed by atoms with Gasteiger partial charge in [0.1, 0.15) is 18.2 Å². The fraction of sp³-hybridized carbons (Fsp3) is 0.143. The van der Waals surface area contributed by atoms with E-state index in [1.54, 1.807) is 24.3 Å². The zero-order valence-corrected chi connectivity index (χ0v) is 21.8. The van der Waals surface area contributed by atoms with Gasteiger partial charge in [-0.1, -0.05) is 52.3 Å². The summed E-state index contributed by atoms with van der Waals surface area (Å²) in [6.45, 7) is 2.99. The van der Waals surface area contributed by atoms with Crippen LogP contribution in [0.25, 0.3) is 17.0 Å². The second kappa shape index (κ2) is 10.3. The quantitative estimate of drug-likeness (QED) is 0.223. The summed E-state index contributed by atoms with van der Waals surface area (Å²) in [6.07, 6.45) is 3.70. The minimum absolute atomic E-state index is 0.0990. The zero-order chi connectivity index (χ0) is 25.2. The van der Waals surface area contributed by atoms with Crippen LogP contribution >= 0.6 is 27.7 Å². The zero-order valence-electron chi connectivity index (χ0n) is 19.4. The number of benzene rings is 3. The lowest BCUT2D eigenvalue weighted by atomic mass is 10.1. The lowest BCUT2D eigenvalue weighted by Crippen LogP contribution is -2.27. The molecule has 0 unspecified atom stereocenters. The van der Waals surface area contributed by atoms with Crippen LogP contribution in [-0.4, -0.2) is 27.2 Å². The van der Waals surface area contributed by atoms with Crippen molar-refractivity contribution in [2.45, 2.75) is 20.0 Å². The van der Waals surface area contributed by atoms with Crippen molar-refractivity contribution in [3.63, 3.8) is 0 Å². The summed E-state index contributed by atoms with van der Waals surface area (Å²) >= 11 is 4.40. The molecule has 0 aliphatic carbocycles. The Morgan fingerprint density at radius 2 is 1.83 bits per heavy atom. The second-order valence-corrected chi connectivity index (χ2v) is 10.3. The van der Waals surface area contributed by atoms with E-state index in [0.717, 1.165) is 48.9 Å². The molecule has 5 nitrogen and oxygen atoms in total. The van der Waals surface area contributed by atoms with Gasteiger partial charge in [0, 0.05) is 32.7 Å². The SMILES string of the molecule is Cc1ccccc1OCCn1cc(/C=C2\SC(=O)N(Cc3ccccc3F)C2=O)c2cc(Br)ccc21. The molecule has 0 saturated carbocycles. The summed E-state index contributed by atoms with van der Waals surface area (Å²) < 4.78 is 23.1. The number of ether oxygens (including phenoxy) is 1. The van der Waals surface area contributed by atoms with Gasteiger partial charge < -0.3 is 9.30 Å². The number of thioether (sulfide) groups is 1. The van der Waals surface area contributed by atoms with E-state index in [9.17, 15) is 14.0 Å². The predicted octanol–water partition coefficient (Wildman–Crippen LogP) is 7.17. The first-order valence-corrected chi connectivity index (χ1v) is 13.0. The Hall–Kier alpha value is -3.36. The second-order valence-electron chi connectivity index (χ2n) is 8.41. The molecule has 4 aromatic rings. The molecule has 2 amide bonds. The first-order chi connectivity index (χ1) is 17.4. The van der Waals surface area contributed by atoms with Gasteiger partial charge in [-0.05, 0) is 60.7 Å². The lowest BCUT2D eigenvalue weighted by Gasteiger charge is -2.12. The first-order valence-electron chi connectivity index (χ1n) is 11.4. The molecule has 0 atom stereocenters. The van der Waals surface area contributed by atoms with Crippen LogP contribution < -0.4 is 4.74 Å². The number of hydrogen-bond donors (Lipinski definition) is 0. The number of hydrogen-bond acceptors (Lipinski definition) is 4. The summed E-state index contributed by atoms with van der Waals surface area (Å²) in [5.74, 6) is -0.0196. The third-order valence-corrected chi connectivity index (χ3v) is 7.40. The molecule has 36 heavy (non-hydrogen) atoms. The Bertz CT molecular complexity index is 1510. The summed E-state index contributed by atoms with van der Waals surface area (Å²) in [6, 6.07) is 20.0. The van der Waals surface area contributed by atoms with Crippen molar-refractivity contribution in [3.05, 3.63) is 105 Å². The molecule has 0 N–H and O–H groups in total. The normalized spacial score (nSPS) is 14.9. The van der Waals surface area contributed by atoms with Crippen LogP contribution in [-0.2, 0) is 17.9 Å². The van der Waals surface area contributed by atoms with Gasteiger partial charge >= 0.3 is 0 Å². The average molecular weight is 565 g/mol. The van der Waals surface area contributed by atoms with Gasteiger partial charge in [0.2, 0.25) is 0 Å². The highest BCUT2D eigenvalue weighted by Crippen LogP contribution is 2.36. The van der Waals surface area contributed by atoms with Crippen LogP contribution in [0.4, 0.5) is 9.18 Å². The molecule has 5 rings (SSSR count). The standard InChI is InChI=1S/C28H22BrFN2O3S/c1-18-6-2-5-9-25(18)35-13-12-31-16-20(22-15-21(29)10-11-24(22)31)14-26-27(33)32(28(34)36-26)17-19-7-3-4-8-23(19)30/h2-11,14-16H,12-13,17H2,1H3/b26-14-. The number of imide groups is 1. The summed E-state index contributed by atoms with van der Waals surface area (Å²) in [7, 11) is 0. The van der Waals surface area contributed by atoms with Gasteiger partial charge in [0.05, 0.1) is 18.0 Å². The molecule has 182 valence electrons. The molecule has 1 fully saturated rings. The summed E-state index contributed by atoms with van der Waals surface area (Å²) in [5.41, 5.74) is 3.18. The van der Waals surface area contributed by atoms with E-state index in [0.29, 0.717) is 23.6 Å². The molecule has 1 aliphatic heterocycles. The topological polar surface area (TPSA) is 51.5 Å². The van der Waals surface area contributed by atoms with Crippen LogP contribution in [0.3, 0.4) is 0 Å². The van der Waals surface area contributed by atoms with Crippen LogP contribution in [0.2, 0.25) is 0 Å². The Kier molecular flexibility index (Phi) is 6.98. The number of carbonyl (C=O) groups is 2. The molecular formula is C28H22BrFN2O3S. The molecular weight excluding hydrogens is 543 g/mol. The van der Waals surface area contributed by atoms with E-state index in [1.165, 1.54) is 6.07 Å². The summed E-state index contributed by atoms with van der Waals surface area (Å²) in [5, 5.41) is 0.534. The third-order valence-electron chi connectivity index (χ3n) is 6.00. The maximum absolute atomic E-state index is 14.1. The van der Waals surface area contributed by atoms with E-state index in [-0.39, 0.29) is 6.54 Å². The van der Waals surface area contributed by atoms with Crippen molar-refractivity contribution in [3.8, 4) is 5.75 Å². The van der Waals surface area contributed by atoms with Crippen molar-refractivity contribution in [1.82, 2.24) is 9.47 Å². The minimum atomic E-state index is -0.443. The number of para-hydroxylation sites is 1. The molecule has 0 radical (unpaired) electrons. The highest BCUT2D eigenvalue weighted by molar-refractivity contribution is 9.10. The number of aromatic nitrogens is 1. The first kappa shape index (κ1) is 24.3. The molecule has 3 aromatic carbocycles. The van der Waals surface area contributed by atoms with Crippen LogP contribution in [0.1, 0.15) is 16.7 Å². The monoisotopic (exact) mass is 564 g/mol. The van der Waals surface area contributed by atoms with Crippen molar-refractivity contribution in [1.29, 1.82) is 0 Å². The maximum atomic E-state index is 14.1. The smallest absolute Gasteiger partial charge is 0.293 e. The van der Waals surface area contributed by atoms with E-state index in [1.807, 2.05) is 55.6 Å². The van der Waals surface area contributed by atoms with Crippen LogP contribution in [0, 0.1) is 12.7 Å². The van der Waals surface area contributed by atoms with Crippen LogP contribution in [0.5, 0.6) is 5.75 Å². The molecule has 0 bridgehead atoms. The molecule has 2 heterocycles. The number of aryl methyl sites for hydroxylation is 1. The van der Waals surface area contributed by atoms with Gasteiger partial charge in [-0.15, -0.1) is 0 Å². The molecule has 1 aliphatic rings. The number of halogens is 2. The highest BCUT2D eigenvalue weighted by Gasteiger charge is 2.35. The highest BCUT2D eigenvalue weighted by atomic mass is 79.9. The molecule has 0 spiro atoms. The Labute approximate surface area is 220 Å². The largest absolute Gasteiger partial charge is 0.491 e. The Balaban J connectivity index is 1.40. The van der Waals surface area contributed by atoms with Crippen molar-refractivity contribution in [2.75, 3.05) is 6.61 Å². The van der Waals surface area contributed by atoms with Crippen molar-refractivity contribution in [2.24, 2.45) is 0 Å². The van der Waals surface area contributed by atoms with Gasteiger partial charge in [0.15, 0.2) is 0 Å². The van der Waals surface area contributed by atoms with E-state index in [2.05, 4.69) is 20.5 Å². The molecule has 1 saturated heterocycles. The summed E-state index contributed by atoms with van der Waals surface area (Å²) in [4.78, 5) is 27.1. The number of rotatable bonds is 7. The number of carbonyl (C=O) groups excluding carboxylic acids is 2.